The number of carbonyl (C=O) groups excluding carboxylic acids is 1. The summed E-state index contributed by atoms with van der Waals surface area (Å²) in [6.07, 6.45) is 1.39. The molecule has 0 atom stereocenters. The third-order valence-electron chi connectivity index (χ3n) is 5.15. The van der Waals surface area contributed by atoms with E-state index in [2.05, 4.69) is 5.32 Å². The highest BCUT2D eigenvalue weighted by Crippen LogP contribution is 2.28. The number of aryl methyl sites for hydroxylation is 1. The molecule has 3 aromatic rings. The second kappa shape index (κ2) is 11.8. The number of sulfonamides is 1. The summed E-state index contributed by atoms with van der Waals surface area (Å²) in [6, 6.07) is 20.0. The predicted octanol–water partition coefficient (Wildman–Crippen LogP) is 4.30. The van der Waals surface area contributed by atoms with E-state index < -0.39 is 15.9 Å². The number of halogens is 1. The molecule has 0 fully saturated rings. The van der Waals surface area contributed by atoms with Gasteiger partial charge in [-0.3, -0.25) is 9.10 Å². The summed E-state index contributed by atoms with van der Waals surface area (Å²) < 4.78 is 38.2. The van der Waals surface area contributed by atoms with Crippen molar-refractivity contribution < 1.29 is 22.7 Å². The number of rotatable bonds is 11. The molecule has 9 heteroatoms. The maximum absolute atomic E-state index is 13.3. The summed E-state index contributed by atoms with van der Waals surface area (Å²) in [5, 5.41) is 3.28. The zero-order valence-electron chi connectivity index (χ0n) is 19.0. The Bertz CT molecular complexity index is 1200. The quantitative estimate of drug-likeness (QED) is 0.395. The van der Waals surface area contributed by atoms with Gasteiger partial charge >= 0.3 is 0 Å². The van der Waals surface area contributed by atoms with Gasteiger partial charge in [-0.15, -0.1) is 0 Å². The van der Waals surface area contributed by atoms with Crippen molar-refractivity contribution in [2.75, 3.05) is 31.6 Å². The van der Waals surface area contributed by atoms with Gasteiger partial charge in [-0.05, 0) is 66.9 Å². The molecule has 0 aliphatic heterocycles. The monoisotopic (exact) mass is 502 g/mol. The smallest absolute Gasteiger partial charge is 0.264 e. The molecular formula is C25H27ClN2O5S. The van der Waals surface area contributed by atoms with E-state index in [9.17, 15) is 13.2 Å². The molecule has 0 aliphatic rings. The van der Waals surface area contributed by atoms with E-state index in [1.165, 1.54) is 12.1 Å². The summed E-state index contributed by atoms with van der Waals surface area (Å²) in [7, 11) is -0.783. The molecule has 0 saturated carbocycles. The van der Waals surface area contributed by atoms with Crippen molar-refractivity contribution in [2.24, 2.45) is 0 Å². The Kier molecular flexibility index (Phi) is 8.79. The van der Waals surface area contributed by atoms with Gasteiger partial charge in [-0.25, -0.2) is 8.42 Å². The first-order chi connectivity index (χ1) is 16.3. The van der Waals surface area contributed by atoms with Crippen LogP contribution < -0.4 is 19.1 Å². The van der Waals surface area contributed by atoms with Crippen molar-refractivity contribution >= 4 is 33.2 Å². The second-order valence-corrected chi connectivity index (χ2v) is 9.74. The van der Waals surface area contributed by atoms with Gasteiger partial charge in [-0.2, -0.15) is 0 Å². The minimum absolute atomic E-state index is 0.103. The van der Waals surface area contributed by atoms with Crippen molar-refractivity contribution in [1.82, 2.24) is 5.32 Å². The lowest BCUT2D eigenvalue weighted by Gasteiger charge is -2.24. The molecule has 0 spiro atoms. The van der Waals surface area contributed by atoms with Gasteiger partial charge in [0.05, 0.1) is 24.8 Å². The van der Waals surface area contributed by atoms with E-state index in [1.807, 2.05) is 18.2 Å². The van der Waals surface area contributed by atoms with Crippen LogP contribution in [0.15, 0.2) is 77.7 Å². The van der Waals surface area contributed by atoms with Crippen LogP contribution in [0.3, 0.4) is 0 Å². The molecule has 0 aromatic heterocycles. The Balaban J connectivity index is 1.65. The van der Waals surface area contributed by atoms with Gasteiger partial charge in [0.2, 0.25) is 5.91 Å². The van der Waals surface area contributed by atoms with Crippen LogP contribution in [0.2, 0.25) is 5.02 Å². The van der Waals surface area contributed by atoms with Crippen LogP contribution >= 0.6 is 11.6 Å². The lowest BCUT2D eigenvalue weighted by molar-refractivity contribution is -0.119. The van der Waals surface area contributed by atoms with Crippen LogP contribution in [0.1, 0.15) is 12.0 Å². The average Bonchev–Trinajstić information content (AvgIpc) is 2.86. The number of methoxy groups -OCH3 is 2. The molecule has 0 heterocycles. The zero-order valence-corrected chi connectivity index (χ0v) is 20.6. The summed E-state index contributed by atoms with van der Waals surface area (Å²) in [6.45, 7) is 0.0439. The van der Waals surface area contributed by atoms with Gasteiger partial charge in [0.25, 0.3) is 10.0 Å². The maximum Gasteiger partial charge on any atom is 0.264 e. The molecule has 3 aromatic carbocycles. The predicted molar refractivity (Wildman–Crippen MR) is 133 cm³/mol. The topological polar surface area (TPSA) is 84.9 Å². The summed E-state index contributed by atoms with van der Waals surface area (Å²) in [4.78, 5) is 12.8. The second-order valence-electron chi connectivity index (χ2n) is 7.44. The standard InChI is InChI=1S/C25H27ClN2O5S/c1-32-23-15-10-19(17-24(23)33-2)7-6-16-27-25(29)18-28(21-13-11-20(26)12-14-21)34(30,31)22-8-4-3-5-9-22/h3-5,8-15,17H,6-7,16,18H2,1-2H3,(H,27,29). The van der Waals surface area contributed by atoms with Crippen molar-refractivity contribution in [3.8, 4) is 11.5 Å². The van der Waals surface area contributed by atoms with Crippen molar-refractivity contribution in [1.29, 1.82) is 0 Å². The first kappa shape index (κ1) is 25.4. The Morgan fingerprint density at radius 3 is 2.26 bits per heavy atom. The van der Waals surface area contributed by atoms with Crippen molar-refractivity contribution in [3.63, 3.8) is 0 Å². The number of carbonyl (C=O) groups is 1. The van der Waals surface area contributed by atoms with E-state index in [-0.39, 0.29) is 11.4 Å². The van der Waals surface area contributed by atoms with Crippen LogP contribution in [-0.2, 0) is 21.2 Å². The Morgan fingerprint density at radius 1 is 0.941 bits per heavy atom. The van der Waals surface area contributed by atoms with Crippen LogP contribution in [0.5, 0.6) is 11.5 Å². The molecule has 0 aliphatic carbocycles. The normalized spacial score (nSPS) is 11.0. The van der Waals surface area contributed by atoms with E-state index >= 15 is 0 Å². The highest BCUT2D eigenvalue weighted by atomic mass is 35.5. The van der Waals surface area contributed by atoms with Crippen LogP contribution in [0, 0.1) is 0 Å². The fourth-order valence-corrected chi connectivity index (χ4v) is 4.95. The van der Waals surface area contributed by atoms with Crippen molar-refractivity contribution in [2.45, 2.75) is 17.7 Å². The number of hydrogen-bond donors (Lipinski definition) is 1. The number of benzene rings is 3. The van der Waals surface area contributed by atoms with E-state index in [0.717, 1.165) is 9.87 Å². The van der Waals surface area contributed by atoms with Crippen LogP contribution in [0.4, 0.5) is 5.69 Å². The zero-order chi connectivity index (χ0) is 24.6. The molecule has 0 bridgehead atoms. The lowest BCUT2D eigenvalue weighted by Crippen LogP contribution is -2.41. The number of ether oxygens (including phenoxy) is 2. The molecule has 1 N–H and O–H groups in total. The number of anilines is 1. The molecule has 0 unspecified atom stereocenters. The number of hydrogen-bond acceptors (Lipinski definition) is 5. The maximum atomic E-state index is 13.3. The van der Waals surface area contributed by atoms with Gasteiger partial charge < -0.3 is 14.8 Å². The van der Waals surface area contributed by atoms with Crippen LogP contribution in [-0.4, -0.2) is 41.6 Å². The molecule has 0 saturated heterocycles. The molecule has 180 valence electrons. The van der Waals surface area contributed by atoms with Gasteiger partial charge in [0.15, 0.2) is 11.5 Å². The van der Waals surface area contributed by atoms with E-state index in [1.54, 1.807) is 56.7 Å². The van der Waals surface area contributed by atoms with Crippen LogP contribution in [0.25, 0.3) is 0 Å². The largest absolute Gasteiger partial charge is 0.493 e. The van der Waals surface area contributed by atoms with Crippen molar-refractivity contribution in [3.05, 3.63) is 83.4 Å². The molecular weight excluding hydrogens is 476 g/mol. The molecule has 1 amide bonds. The molecule has 3 rings (SSSR count). The third-order valence-corrected chi connectivity index (χ3v) is 7.19. The first-order valence-electron chi connectivity index (χ1n) is 10.7. The Hall–Kier alpha value is -3.23. The molecule has 7 nitrogen and oxygen atoms in total. The highest BCUT2D eigenvalue weighted by Gasteiger charge is 2.27. The fourth-order valence-electron chi connectivity index (χ4n) is 3.38. The lowest BCUT2D eigenvalue weighted by atomic mass is 10.1. The third kappa shape index (κ3) is 6.42. The fraction of sp³-hybridized carbons (Fsp3) is 0.240. The SMILES string of the molecule is COc1ccc(CCCNC(=O)CN(c2ccc(Cl)cc2)S(=O)(=O)c2ccccc2)cc1OC. The van der Waals surface area contributed by atoms with Gasteiger partial charge in [-0.1, -0.05) is 35.9 Å². The number of amides is 1. The van der Waals surface area contributed by atoms with E-state index in [0.29, 0.717) is 41.6 Å². The number of nitrogens with zero attached hydrogens (tertiary/aromatic N) is 1. The summed E-state index contributed by atoms with van der Waals surface area (Å²) in [5.74, 6) is 0.900. The highest BCUT2D eigenvalue weighted by molar-refractivity contribution is 7.92. The Morgan fingerprint density at radius 2 is 1.62 bits per heavy atom. The average molecular weight is 503 g/mol. The minimum Gasteiger partial charge on any atom is -0.493 e. The van der Waals surface area contributed by atoms with Gasteiger partial charge in [0.1, 0.15) is 6.54 Å². The first-order valence-corrected chi connectivity index (χ1v) is 12.5. The summed E-state index contributed by atoms with van der Waals surface area (Å²) >= 11 is 5.96. The molecule has 34 heavy (non-hydrogen) atoms. The van der Waals surface area contributed by atoms with Gasteiger partial charge in [0, 0.05) is 11.6 Å². The minimum atomic E-state index is -3.95. The molecule has 0 radical (unpaired) electrons. The number of nitrogens with one attached hydrogen (secondary N) is 1. The Labute approximate surface area is 205 Å². The summed E-state index contributed by atoms with van der Waals surface area (Å²) in [5.41, 5.74) is 1.40. The van der Waals surface area contributed by atoms with E-state index in [4.69, 9.17) is 21.1 Å².